The third-order valence-corrected chi connectivity index (χ3v) is 5.18. The molecule has 0 aliphatic rings. The van der Waals surface area contributed by atoms with E-state index in [9.17, 15) is 25.4 Å². The summed E-state index contributed by atoms with van der Waals surface area (Å²) < 4.78 is 6.93. The van der Waals surface area contributed by atoms with Gasteiger partial charge < -0.3 is 9.64 Å². The molecule has 0 aliphatic heterocycles. The van der Waals surface area contributed by atoms with Crippen molar-refractivity contribution in [1.82, 2.24) is 4.57 Å². The molecule has 0 unspecified atom stereocenters. The Kier molecular flexibility index (Phi) is 7.26. The Balaban J connectivity index is 2.70. The van der Waals surface area contributed by atoms with Crippen molar-refractivity contribution in [2.75, 3.05) is 32.7 Å². The number of benzene rings is 1. The Labute approximate surface area is 170 Å². The molecule has 1 heterocycles. The number of rotatable bonds is 7. The minimum Gasteiger partial charge on any atom is -0.385 e. The molecule has 0 fully saturated rings. The number of nitrogens with zero attached hydrogens (tertiary/aromatic N) is 5. The normalized spacial score (nSPS) is 11.0. The van der Waals surface area contributed by atoms with Crippen molar-refractivity contribution in [3.8, 4) is 12.1 Å². The molecule has 0 amide bonds. The Morgan fingerprint density at radius 3 is 2.62 bits per heavy atom. The maximum absolute atomic E-state index is 12.8. The summed E-state index contributed by atoms with van der Waals surface area (Å²) in [7, 11) is 4.96. The average molecular weight is 413 g/mol. The number of ether oxygens (including phenoxy) is 1. The topological polar surface area (TPSA) is 125 Å². The van der Waals surface area contributed by atoms with E-state index in [1.807, 2.05) is 12.1 Å². The maximum Gasteiger partial charge on any atom is 0.293 e. The van der Waals surface area contributed by atoms with Crippen LogP contribution in [0.25, 0.3) is 11.6 Å². The number of nitro benzene ring substituents is 1. The molecule has 0 saturated heterocycles. The first-order chi connectivity index (χ1) is 13.8. The molecule has 2 rings (SSSR count). The van der Waals surface area contributed by atoms with Gasteiger partial charge in [-0.05, 0) is 24.1 Å². The number of thiazole rings is 1. The zero-order valence-corrected chi connectivity index (χ0v) is 17.0. The lowest BCUT2D eigenvalue weighted by Crippen LogP contribution is -2.32. The maximum atomic E-state index is 12.8. The van der Waals surface area contributed by atoms with E-state index in [0.29, 0.717) is 30.8 Å². The standard InChI is InChI=1S/C19H19N5O4S/c1-22(2)15-6-5-13(9-16(15)24(26)27)10-17-18(25)23(7-4-8-28-3)19(29-17)14(11-20)12-21/h5-6,9-10H,4,7-8H2,1-3H3. The molecule has 29 heavy (non-hydrogen) atoms. The third kappa shape index (κ3) is 4.88. The van der Waals surface area contributed by atoms with Gasteiger partial charge in [0.1, 0.15) is 22.5 Å². The van der Waals surface area contributed by atoms with E-state index in [-0.39, 0.29) is 26.0 Å². The number of hydrogen-bond acceptors (Lipinski definition) is 8. The molecule has 0 N–H and O–H groups in total. The number of nitriles is 2. The van der Waals surface area contributed by atoms with Gasteiger partial charge in [-0.1, -0.05) is 6.07 Å². The molecular formula is C19H19N5O4S. The summed E-state index contributed by atoms with van der Waals surface area (Å²) in [5, 5.41) is 29.8. The van der Waals surface area contributed by atoms with E-state index in [0.717, 1.165) is 11.3 Å². The van der Waals surface area contributed by atoms with Gasteiger partial charge in [-0.15, -0.1) is 11.3 Å². The van der Waals surface area contributed by atoms with Crippen LogP contribution in [-0.2, 0) is 11.3 Å². The highest BCUT2D eigenvalue weighted by Gasteiger charge is 2.16. The van der Waals surface area contributed by atoms with E-state index < -0.39 is 4.92 Å². The zero-order valence-electron chi connectivity index (χ0n) is 16.2. The highest BCUT2D eigenvalue weighted by atomic mass is 32.1. The van der Waals surface area contributed by atoms with Crippen molar-refractivity contribution in [3.63, 3.8) is 0 Å². The van der Waals surface area contributed by atoms with Gasteiger partial charge in [-0.2, -0.15) is 10.5 Å². The van der Waals surface area contributed by atoms with Crippen LogP contribution in [0.3, 0.4) is 0 Å². The van der Waals surface area contributed by atoms with Crippen molar-refractivity contribution < 1.29 is 9.66 Å². The quantitative estimate of drug-likeness (QED) is 0.376. The lowest BCUT2D eigenvalue weighted by atomic mass is 10.1. The molecule has 1 aromatic heterocycles. The Morgan fingerprint density at radius 1 is 1.38 bits per heavy atom. The highest BCUT2D eigenvalue weighted by molar-refractivity contribution is 7.07. The summed E-state index contributed by atoms with van der Waals surface area (Å²) in [6.45, 7) is 0.715. The second kappa shape index (κ2) is 9.64. The van der Waals surface area contributed by atoms with Crippen LogP contribution < -0.4 is 19.7 Å². The minimum absolute atomic E-state index is 0.0812. The number of anilines is 1. The molecule has 9 nitrogen and oxygen atoms in total. The van der Waals surface area contributed by atoms with Crippen molar-refractivity contribution in [1.29, 1.82) is 10.5 Å². The van der Waals surface area contributed by atoms with Gasteiger partial charge in [0.05, 0.1) is 9.46 Å². The predicted molar refractivity (Wildman–Crippen MR) is 110 cm³/mol. The van der Waals surface area contributed by atoms with Gasteiger partial charge in [0.25, 0.3) is 11.2 Å². The van der Waals surface area contributed by atoms with Crippen LogP contribution in [-0.4, -0.2) is 37.3 Å². The van der Waals surface area contributed by atoms with Gasteiger partial charge in [-0.3, -0.25) is 19.5 Å². The number of nitro groups is 1. The molecule has 10 heteroatoms. The number of aromatic nitrogens is 1. The molecule has 150 valence electrons. The molecule has 2 aromatic rings. The molecule has 0 bridgehead atoms. The second-order valence-corrected chi connectivity index (χ2v) is 7.25. The lowest BCUT2D eigenvalue weighted by molar-refractivity contribution is -0.384. The fourth-order valence-corrected chi connectivity index (χ4v) is 3.78. The van der Waals surface area contributed by atoms with E-state index >= 15 is 0 Å². The van der Waals surface area contributed by atoms with E-state index in [1.54, 1.807) is 38.2 Å². The van der Waals surface area contributed by atoms with Crippen molar-refractivity contribution in [3.05, 3.63) is 53.4 Å². The summed E-state index contributed by atoms with van der Waals surface area (Å²) in [6, 6.07) is 8.30. The fourth-order valence-electron chi connectivity index (χ4n) is 2.70. The van der Waals surface area contributed by atoms with E-state index in [1.165, 1.54) is 16.7 Å². The molecule has 0 aliphatic carbocycles. The minimum atomic E-state index is -0.479. The monoisotopic (exact) mass is 413 g/mol. The van der Waals surface area contributed by atoms with Crippen LogP contribution >= 0.6 is 11.3 Å². The second-order valence-electron chi connectivity index (χ2n) is 6.22. The highest BCUT2D eigenvalue weighted by Crippen LogP contribution is 2.27. The molecule has 0 spiro atoms. The first-order valence-corrected chi connectivity index (χ1v) is 9.36. The van der Waals surface area contributed by atoms with Crippen LogP contribution in [0.5, 0.6) is 0 Å². The van der Waals surface area contributed by atoms with Crippen molar-refractivity contribution in [2.24, 2.45) is 0 Å². The van der Waals surface area contributed by atoms with Crippen LogP contribution in [0.15, 0.2) is 23.0 Å². The van der Waals surface area contributed by atoms with Gasteiger partial charge in [-0.25, -0.2) is 0 Å². The fraction of sp³-hybridized carbons (Fsp3) is 0.316. The zero-order chi connectivity index (χ0) is 21.6. The van der Waals surface area contributed by atoms with Crippen LogP contribution in [0.2, 0.25) is 0 Å². The Hall–Kier alpha value is -3.47. The van der Waals surface area contributed by atoms with Gasteiger partial charge in [0.2, 0.25) is 0 Å². The molecule has 0 radical (unpaired) electrons. The van der Waals surface area contributed by atoms with Crippen molar-refractivity contribution >= 4 is 34.4 Å². The lowest BCUT2D eigenvalue weighted by Gasteiger charge is -2.12. The molecule has 0 saturated carbocycles. The SMILES string of the molecule is COCCCn1c(=C(C#N)C#N)sc(=Cc2ccc(N(C)C)c([N+](=O)[O-])c2)c1=O. The summed E-state index contributed by atoms with van der Waals surface area (Å²) in [5.41, 5.74) is 0.330. The Bertz CT molecular complexity index is 1170. The molecule has 1 aromatic carbocycles. The molecular weight excluding hydrogens is 394 g/mol. The van der Waals surface area contributed by atoms with Crippen LogP contribution in [0.4, 0.5) is 11.4 Å². The third-order valence-electron chi connectivity index (χ3n) is 4.05. The first-order valence-electron chi connectivity index (χ1n) is 8.54. The van der Waals surface area contributed by atoms with E-state index in [4.69, 9.17) is 4.74 Å². The largest absolute Gasteiger partial charge is 0.385 e. The number of hydrogen-bond donors (Lipinski definition) is 0. The summed E-state index contributed by atoms with van der Waals surface area (Å²) in [6.07, 6.45) is 2.06. The summed E-state index contributed by atoms with van der Waals surface area (Å²) in [5.74, 6) is 0. The number of methoxy groups -OCH3 is 1. The van der Waals surface area contributed by atoms with Gasteiger partial charge in [0, 0.05) is 40.4 Å². The van der Waals surface area contributed by atoms with Crippen LogP contribution in [0, 0.1) is 32.8 Å². The molecule has 0 atom stereocenters. The van der Waals surface area contributed by atoms with Crippen LogP contribution in [0.1, 0.15) is 12.0 Å². The smallest absolute Gasteiger partial charge is 0.293 e. The predicted octanol–water partition coefficient (Wildman–Crippen LogP) is 0.947. The first kappa shape index (κ1) is 21.8. The van der Waals surface area contributed by atoms with E-state index in [2.05, 4.69) is 0 Å². The summed E-state index contributed by atoms with van der Waals surface area (Å²) >= 11 is 1.01. The van der Waals surface area contributed by atoms with Crippen molar-refractivity contribution in [2.45, 2.75) is 13.0 Å². The van der Waals surface area contributed by atoms with Gasteiger partial charge in [0.15, 0.2) is 5.57 Å². The Morgan fingerprint density at radius 2 is 2.07 bits per heavy atom. The van der Waals surface area contributed by atoms with Gasteiger partial charge >= 0.3 is 0 Å². The average Bonchev–Trinajstić information content (AvgIpc) is 2.98. The summed E-state index contributed by atoms with van der Waals surface area (Å²) in [4.78, 5) is 25.4.